The molecule has 0 unspecified atom stereocenters. The third kappa shape index (κ3) is 3.34. The molecule has 0 amide bonds. The van der Waals surface area contributed by atoms with E-state index in [0.29, 0.717) is 0 Å². The zero-order chi connectivity index (χ0) is 12.3. The van der Waals surface area contributed by atoms with Gasteiger partial charge in [-0.1, -0.05) is 53.6 Å². The zero-order valence-corrected chi connectivity index (χ0v) is 11.1. The highest BCUT2D eigenvalue weighted by Gasteiger charge is 1.99. The van der Waals surface area contributed by atoms with Crippen LogP contribution in [0.4, 0.5) is 0 Å². The van der Waals surface area contributed by atoms with Crippen molar-refractivity contribution in [3.8, 4) is 0 Å². The SMILES string of the molecule is Cc1ccc(CCc2ccc(C)c(Cl)c2)cc1. The Hall–Kier alpha value is -1.27. The summed E-state index contributed by atoms with van der Waals surface area (Å²) in [7, 11) is 0. The van der Waals surface area contributed by atoms with Gasteiger partial charge in [0.15, 0.2) is 0 Å². The van der Waals surface area contributed by atoms with E-state index in [-0.39, 0.29) is 0 Å². The van der Waals surface area contributed by atoms with Gasteiger partial charge in [-0.05, 0) is 49.4 Å². The Bertz CT molecular complexity index is 497. The van der Waals surface area contributed by atoms with Crippen molar-refractivity contribution in [1.82, 2.24) is 0 Å². The molecule has 0 fully saturated rings. The lowest BCUT2D eigenvalue weighted by Gasteiger charge is -2.05. The van der Waals surface area contributed by atoms with E-state index >= 15 is 0 Å². The molecule has 0 spiro atoms. The summed E-state index contributed by atoms with van der Waals surface area (Å²) in [5.74, 6) is 0. The number of rotatable bonds is 3. The molecule has 0 aliphatic heterocycles. The molecule has 0 aliphatic carbocycles. The van der Waals surface area contributed by atoms with Gasteiger partial charge in [0.25, 0.3) is 0 Å². The third-order valence-electron chi connectivity index (χ3n) is 3.06. The van der Waals surface area contributed by atoms with Gasteiger partial charge in [0, 0.05) is 5.02 Å². The van der Waals surface area contributed by atoms with Crippen molar-refractivity contribution in [1.29, 1.82) is 0 Å². The highest BCUT2D eigenvalue weighted by atomic mass is 35.5. The minimum atomic E-state index is 0.867. The largest absolute Gasteiger partial charge is 0.0840 e. The summed E-state index contributed by atoms with van der Waals surface area (Å²) in [6.07, 6.45) is 2.11. The van der Waals surface area contributed by atoms with Crippen molar-refractivity contribution >= 4 is 11.6 Å². The maximum atomic E-state index is 6.12. The maximum absolute atomic E-state index is 6.12. The van der Waals surface area contributed by atoms with E-state index in [1.165, 1.54) is 16.7 Å². The Morgan fingerprint density at radius 2 is 1.41 bits per heavy atom. The summed E-state index contributed by atoms with van der Waals surface area (Å²) in [4.78, 5) is 0. The van der Waals surface area contributed by atoms with E-state index in [1.807, 2.05) is 6.92 Å². The van der Waals surface area contributed by atoms with Crippen LogP contribution in [0, 0.1) is 13.8 Å². The number of hydrogen-bond donors (Lipinski definition) is 0. The molecule has 0 saturated carbocycles. The van der Waals surface area contributed by atoms with Crippen LogP contribution >= 0.6 is 11.6 Å². The fraction of sp³-hybridized carbons (Fsp3) is 0.250. The number of hydrogen-bond acceptors (Lipinski definition) is 0. The third-order valence-corrected chi connectivity index (χ3v) is 3.47. The van der Waals surface area contributed by atoms with Crippen LogP contribution < -0.4 is 0 Å². The minimum absolute atomic E-state index is 0.867. The van der Waals surface area contributed by atoms with E-state index in [2.05, 4.69) is 49.4 Å². The lowest BCUT2D eigenvalue weighted by atomic mass is 10.0. The van der Waals surface area contributed by atoms with E-state index in [4.69, 9.17) is 11.6 Å². The maximum Gasteiger partial charge on any atom is 0.0437 e. The summed E-state index contributed by atoms with van der Waals surface area (Å²) in [5.41, 5.74) is 5.14. The molecule has 0 heterocycles. The zero-order valence-electron chi connectivity index (χ0n) is 10.3. The summed E-state index contributed by atoms with van der Waals surface area (Å²) < 4.78 is 0. The molecule has 0 aromatic heterocycles. The number of halogens is 1. The molecule has 0 atom stereocenters. The first kappa shape index (κ1) is 12.2. The Labute approximate surface area is 108 Å². The summed E-state index contributed by atoms with van der Waals surface area (Å²) in [5, 5.41) is 0.867. The van der Waals surface area contributed by atoms with Gasteiger partial charge in [0.2, 0.25) is 0 Å². The van der Waals surface area contributed by atoms with Crippen LogP contribution in [0.5, 0.6) is 0 Å². The topological polar surface area (TPSA) is 0 Å². The summed E-state index contributed by atoms with van der Waals surface area (Å²) in [6, 6.07) is 15.1. The molecule has 0 nitrogen and oxygen atoms in total. The fourth-order valence-electron chi connectivity index (χ4n) is 1.84. The second-order valence-electron chi connectivity index (χ2n) is 4.57. The first-order valence-corrected chi connectivity index (χ1v) is 6.33. The van der Waals surface area contributed by atoms with Crippen LogP contribution in [0.25, 0.3) is 0 Å². The standard InChI is InChI=1S/C16H17Cl/c1-12-3-6-14(7-4-12)9-10-15-8-5-13(2)16(17)11-15/h3-8,11H,9-10H2,1-2H3. The van der Waals surface area contributed by atoms with E-state index < -0.39 is 0 Å². The van der Waals surface area contributed by atoms with Crippen molar-refractivity contribution in [2.75, 3.05) is 0 Å². The molecular formula is C16H17Cl. The normalized spacial score (nSPS) is 10.5. The fourth-order valence-corrected chi connectivity index (χ4v) is 2.04. The molecule has 2 aromatic carbocycles. The number of benzene rings is 2. The predicted octanol–water partition coefficient (Wildman–Crippen LogP) is 4.74. The van der Waals surface area contributed by atoms with Crippen LogP contribution in [0.1, 0.15) is 22.3 Å². The second-order valence-corrected chi connectivity index (χ2v) is 4.98. The molecule has 2 rings (SSSR count). The van der Waals surface area contributed by atoms with Crippen molar-refractivity contribution in [3.63, 3.8) is 0 Å². The van der Waals surface area contributed by atoms with Gasteiger partial charge in [-0.2, -0.15) is 0 Å². The summed E-state index contributed by atoms with van der Waals surface area (Å²) in [6.45, 7) is 4.15. The molecule has 17 heavy (non-hydrogen) atoms. The quantitative estimate of drug-likeness (QED) is 0.732. The molecule has 0 radical (unpaired) electrons. The predicted molar refractivity (Wildman–Crippen MR) is 74.8 cm³/mol. The van der Waals surface area contributed by atoms with Crippen LogP contribution in [0.15, 0.2) is 42.5 Å². The summed E-state index contributed by atoms with van der Waals surface area (Å²) >= 11 is 6.12. The smallest absolute Gasteiger partial charge is 0.0437 e. The first-order chi connectivity index (χ1) is 8.15. The van der Waals surface area contributed by atoms with Gasteiger partial charge in [0.1, 0.15) is 0 Å². The van der Waals surface area contributed by atoms with Gasteiger partial charge in [-0.25, -0.2) is 0 Å². The van der Waals surface area contributed by atoms with Gasteiger partial charge in [-0.15, -0.1) is 0 Å². The van der Waals surface area contributed by atoms with Gasteiger partial charge in [0.05, 0.1) is 0 Å². The molecule has 0 aliphatic rings. The Morgan fingerprint density at radius 1 is 0.824 bits per heavy atom. The van der Waals surface area contributed by atoms with Gasteiger partial charge in [-0.3, -0.25) is 0 Å². The van der Waals surface area contributed by atoms with Crippen molar-refractivity contribution < 1.29 is 0 Å². The van der Waals surface area contributed by atoms with Gasteiger partial charge >= 0.3 is 0 Å². The molecule has 0 N–H and O–H groups in total. The van der Waals surface area contributed by atoms with Crippen LogP contribution in [-0.4, -0.2) is 0 Å². The Morgan fingerprint density at radius 3 is 2.06 bits per heavy atom. The number of aryl methyl sites for hydroxylation is 4. The van der Waals surface area contributed by atoms with Gasteiger partial charge < -0.3 is 0 Å². The van der Waals surface area contributed by atoms with E-state index in [9.17, 15) is 0 Å². The van der Waals surface area contributed by atoms with Crippen LogP contribution in [-0.2, 0) is 12.8 Å². The van der Waals surface area contributed by atoms with Crippen LogP contribution in [0.2, 0.25) is 5.02 Å². The Balaban J connectivity index is 2.02. The van der Waals surface area contributed by atoms with E-state index in [0.717, 1.165) is 23.4 Å². The molecule has 88 valence electrons. The highest BCUT2D eigenvalue weighted by molar-refractivity contribution is 6.31. The van der Waals surface area contributed by atoms with E-state index in [1.54, 1.807) is 0 Å². The van der Waals surface area contributed by atoms with Crippen LogP contribution in [0.3, 0.4) is 0 Å². The first-order valence-electron chi connectivity index (χ1n) is 5.96. The average Bonchev–Trinajstić information content (AvgIpc) is 2.33. The highest BCUT2D eigenvalue weighted by Crippen LogP contribution is 2.18. The lowest BCUT2D eigenvalue weighted by molar-refractivity contribution is 0.958. The molecule has 0 saturated heterocycles. The van der Waals surface area contributed by atoms with Crippen molar-refractivity contribution in [2.24, 2.45) is 0 Å². The average molecular weight is 245 g/mol. The lowest BCUT2D eigenvalue weighted by Crippen LogP contribution is -1.92. The Kier molecular flexibility index (Phi) is 3.86. The second kappa shape index (κ2) is 5.37. The molecule has 2 aromatic rings. The van der Waals surface area contributed by atoms with Crippen molar-refractivity contribution in [3.05, 3.63) is 69.7 Å². The molecular weight excluding hydrogens is 228 g/mol. The monoisotopic (exact) mass is 244 g/mol. The minimum Gasteiger partial charge on any atom is -0.0840 e. The molecule has 0 bridgehead atoms. The van der Waals surface area contributed by atoms with Crippen molar-refractivity contribution in [2.45, 2.75) is 26.7 Å². The molecule has 1 heteroatoms.